The van der Waals surface area contributed by atoms with Gasteiger partial charge in [-0.25, -0.2) is 0 Å². The molecule has 0 aromatic rings. The van der Waals surface area contributed by atoms with Gasteiger partial charge in [0, 0.05) is 44.6 Å². The Morgan fingerprint density at radius 3 is 3.00 bits per heavy atom. The number of nitrogens with zero attached hydrogens (tertiary/aromatic N) is 1. The Kier molecular flexibility index (Phi) is 4.03. The van der Waals surface area contributed by atoms with Gasteiger partial charge < -0.3 is 15.2 Å². The van der Waals surface area contributed by atoms with E-state index < -0.39 is 0 Å². The van der Waals surface area contributed by atoms with Gasteiger partial charge in [0.15, 0.2) is 0 Å². The maximum Gasteiger partial charge on any atom is 0.0916 e. The van der Waals surface area contributed by atoms with Crippen LogP contribution in [0.15, 0.2) is 23.3 Å². The Labute approximate surface area is 115 Å². The monoisotopic (exact) mass is 264 g/mol. The second kappa shape index (κ2) is 5.75. The van der Waals surface area contributed by atoms with Gasteiger partial charge in [-0.3, -0.25) is 4.90 Å². The Bertz CT molecular complexity index is 386. The average molecular weight is 264 g/mol. The molecule has 2 aliphatic heterocycles. The number of rotatable bonds is 3. The molecule has 1 aliphatic carbocycles. The third kappa shape index (κ3) is 2.77. The maximum atomic E-state index is 10.5. The van der Waals surface area contributed by atoms with Gasteiger partial charge in [-0.15, -0.1) is 0 Å². The summed E-state index contributed by atoms with van der Waals surface area (Å²) in [6.07, 6.45) is 3.98. The van der Waals surface area contributed by atoms with Gasteiger partial charge in [0.1, 0.15) is 0 Å². The zero-order chi connectivity index (χ0) is 13.2. The van der Waals surface area contributed by atoms with Crippen molar-refractivity contribution < 1.29 is 9.84 Å². The molecule has 2 heterocycles. The largest absolute Gasteiger partial charge is 0.387 e. The highest BCUT2D eigenvalue weighted by atomic mass is 16.5. The van der Waals surface area contributed by atoms with E-state index in [1.807, 2.05) is 0 Å². The highest BCUT2D eigenvalue weighted by Crippen LogP contribution is 2.35. The normalized spacial score (nSPS) is 33.6. The van der Waals surface area contributed by atoms with Crippen molar-refractivity contribution in [3.05, 3.63) is 23.3 Å². The second-order valence-corrected chi connectivity index (χ2v) is 5.87. The fourth-order valence-electron chi connectivity index (χ4n) is 3.39. The summed E-state index contributed by atoms with van der Waals surface area (Å²) in [7, 11) is 0. The minimum Gasteiger partial charge on any atom is -0.387 e. The van der Waals surface area contributed by atoms with E-state index >= 15 is 0 Å². The molecule has 4 nitrogen and oxygen atoms in total. The van der Waals surface area contributed by atoms with Gasteiger partial charge in [-0.05, 0) is 12.5 Å². The van der Waals surface area contributed by atoms with E-state index in [1.54, 1.807) is 0 Å². The number of piperazine rings is 1. The molecule has 2 N–H and O–H groups in total. The summed E-state index contributed by atoms with van der Waals surface area (Å²) in [6, 6.07) is 0. The summed E-state index contributed by atoms with van der Waals surface area (Å²) in [4.78, 5) is 2.34. The number of aliphatic hydroxyl groups excluding tert-OH is 1. The van der Waals surface area contributed by atoms with Crippen LogP contribution in [0.3, 0.4) is 0 Å². The molecular weight excluding hydrogens is 240 g/mol. The SMILES string of the molecule is CC1=C(C(O)CN2CCNCC2)C=CC2COCC12. The van der Waals surface area contributed by atoms with Crippen LogP contribution in [0.2, 0.25) is 0 Å². The van der Waals surface area contributed by atoms with Gasteiger partial charge >= 0.3 is 0 Å². The molecule has 0 spiro atoms. The van der Waals surface area contributed by atoms with Crippen molar-refractivity contribution in [3.8, 4) is 0 Å². The van der Waals surface area contributed by atoms with Crippen LogP contribution in [0.1, 0.15) is 6.92 Å². The third-order valence-electron chi connectivity index (χ3n) is 4.66. The molecule has 0 bridgehead atoms. The summed E-state index contributed by atoms with van der Waals surface area (Å²) in [5, 5.41) is 13.8. The van der Waals surface area contributed by atoms with E-state index in [4.69, 9.17) is 4.74 Å². The number of ether oxygens (including phenoxy) is 1. The molecule has 3 rings (SSSR count). The minimum absolute atomic E-state index is 0.365. The molecule has 2 saturated heterocycles. The van der Waals surface area contributed by atoms with Crippen molar-refractivity contribution in [3.63, 3.8) is 0 Å². The number of nitrogens with one attached hydrogen (secondary N) is 1. The van der Waals surface area contributed by atoms with Crippen molar-refractivity contribution in [2.75, 3.05) is 45.9 Å². The Balaban J connectivity index is 1.66. The first-order valence-corrected chi connectivity index (χ1v) is 7.33. The van der Waals surface area contributed by atoms with Gasteiger partial charge in [0.2, 0.25) is 0 Å². The molecule has 0 aromatic heterocycles. The van der Waals surface area contributed by atoms with E-state index in [9.17, 15) is 5.11 Å². The Hall–Kier alpha value is -0.680. The predicted octanol–water partition coefficient (Wildman–Crippen LogP) is 0.401. The highest BCUT2D eigenvalue weighted by molar-refractivity contribution is 5.35. The molecule has 4 heteroatoms. The van der Waals surface area contributed by atoms with Crippen molar-refractivity contribution in [1.29, 1.82) is 0 Å². The average Bonchev–Trinajstić information content (AvgIpc) is 2.89. The van der Waals surface area contributed by atoms with Crippen molar-refractivity contribution in [2.45, 2.75) is 13.0 Å². The van der Waals surface area contributed by atoms with Crippen LogP contribution in [0.4, 0.5) is 0 Å². The van der Waals surface area contributed by atoms with E-state index in [-0.39, 0.29) is 6.10 Å². The second-order valence-electron chi connectivity index (χ2n) is 5.87. The smallest absolute Gasteiger partial charge is 0.0916 e. The molecular formula is C15H24N2O2. The van der Waals surface area contributed by atoms with E-state index in [0.29, 0.717) is 11.8 Å². The topological polar surface area (TPSA) is 44.7 Å². The lowest BCUT2D eigenvalue weighted by Crippen LogP contribution is -2.46. The molecule has 0 saturated carbocycles. The molecule has 3 atom stereocenters. The van der Waals surface area contributed by atoms with Crippen LogP contribution in [0, 0.1) is 11.8 Å². The van der Waals surface area contributed by atoms with Gasteiger partial charge in [0.25, 0.3) is 0 Å². The predicted molar refractivity (Wildman–Crippen MR) is 75.0 cm³/mol. The van der Waals surface area contributed by atoms with Crippen molar-refractivity contribution in [2.24, 2.45) is 11.8 Å². The first-order chi connectivity index (χ1) is 9.25. The molecule has 0 aromatic carbocycles. The number of fused-ring (bicyclic) bond motifs is 1. The van der Waals surface area contributed by atoms with Crippen LogP contribution in [0.25, 0.3) is 0 Å². The Morgan fingerprint density at radius 2 is 2.21 bits per heavy atom. The van der Waals surface area contributed by atoms with Crippen LogP contribution in [-0.4, -0.2) is 62.0 Å². The van der Waals surface area contributed by atoms with E-state index in [2.05, 4.69) is 29.3 Å². The first-order valence-electron chi connectivity index (χ1n) is 7.33. The maximum absolute atomic E-state index is 10.5. The third-order valence-corrected chi connectivity index (χ3v) is 4.66. The lowest BCUT2D eigenvalue weighted by molar-refractivity contribution is 0.129. The highest BCUT2D eigenvalue weighted by Gasteiger charge is 2.32. The molecule has 3 unspecified atom stereocenters. The first kappa shape index (κ1) is 13.3. The zero-order valence-electron chi connectivity index (χ0n) is 11.6. The van der Waals surface area contributed by atoms with E-state index in [0.717, 1.165) is 51.5 Å². The molecule has 3 aliphatic rings. The fraction of sp³-hybridized carbons (Fsp3) is 0.733. The summed E-state index contributed by atoms with van der Waals surface area (Å²) in [5.74, 6) is 1.01. The van der Waals surface area contributed by atoms with E-state index in [1.165, 1.54) is 5.57 Å². The van der Waals surface area contributed by atoms with Crippen LogP contribution in [-0.2, 0) is 4.74 Å². The molecule has 106 valence electrons. The quantitative estimate of drug-likeness (QED) is 0.774. The molecule has 2 fully saturated rings. The van der Waals surface area contributed by atoms with Crippen LogP contribution < -0.4 is 5.32 Å². The summed E-state index contributed by atoms with van der Waals surface area (Å²) >= 11 is 0. The van der Waals surface area contributed by atoms with Gasteiger partial charge in [-0.1, -0.05) is 17.7 Å². The number of hydrogen-bond donors (Lipinski definition) is 2. The summed E-state index contributed by atoms with van der Waals surface area (Å²) < 4.78 is 5.55. The van der Waals surface area contributed by atoms with Gasteiger partial charge in [0.05, 0.1) is 19.3 Å². The molecule has 0 amide bonds. The minimum atomic E-state index is -0.365. The molecule has 19 heavy (non-hydrogen) atoms. The Morgan fingerprint density at radius 1 is 1.42 bits per heavy atom. The van der Waals surface area contributed by atoms with Crippen molar-refractivity contribution in [1.82, 2.24) is 10.2 Å². The number of hydrogen-bond acceptors (Lipinski definition) is 4. The molecule has 0 radical (unpaired) electrons. The van der Waals surface area contributed by atoms with Crippen LogP contribution >= 0.6 is 0 Å². The number of aliphatic hydroxyl groups is 1. The lowest BCUT2D eigenvalue weighted by atomic mass is 9.80. The fourth-order valence-corrected chi connectivity index (χ4v) is 3.39. The summed E-state index contributed by atoms with van der Waals surface area (Å²) in [6.45, 7) is 8.66. The van der Waals surface area contributed by atoms with Crippen LogP contribution in [0.5, 0.6) is 0 Å². The number of β-amino-alcohol motifs (C(OH)–C–C–N with tert-alkyl or cyclic N) is 1. The summed E-state index contributed by atoms with van der Waals surface area (Å²) in [5.41, 5.74) is 2.44. The van der Waals surface area contributed by atoms with Gasteiger partial charge in [-0.2, -0.15) is 0 Å². The van der Waals surface area contributed by atoms with Crippen molar-refractivity contribution >= 4 is 0 Å². The lowest BCUT2D eigenvalue weighted by Gasteiger charge is -2.31. The standard InChI is InChI=1S/C15H24N2O2/c1-11-13(3-2-12-9-19-10-14(11)12)15(18)8-17-6-4-16-5-7-17/h2-3,12,14-16,18H,4-10H2,1H3. The zero-order valence-corrected chi connectivity index (χ0v) is 11.6.